The van der Waals surface area contributed by atoms with E-state index in [9.17, 15) is 4.79 Å². The van der Waals surface area contributed by atoms with Crippen LogP contribution in [0.5, 0.6) is 0 Å². The molecule has 1 aromatic rings. The molecule has 0 saturated carbocycles. The highest BCUT2D eigenvalue weighted by Crippen LogP contribution is 2.23. The van der Waals surface area contributed by atoms with Crippen LogP contribution in [0.3, 0.4) is 0 Å². The van der Waals surface area contributed by atoms with Crippen LogP contribution in [0.25, 0.3) is 0 Å². The molecule has 0 fully saturated rings. The fourth-order valence-electron chi connectivity index (χ4n) is 1.50. The summed E-state index contributed by atoms with van der Waals surface area (Å²) in [7, 11) is 0. The quantitative estimate of drug-likeness (QED) is 0.378. The lowest BCUT2D eigenvalue weighted by Crippen LogP contribution is -1.99. The molecule has 0 aliphatic rings. The Morgan fingerprint density at radius 1 is 1.21 bits per heavy atom. The molecule has 0 amide bonds. The highest BCUT2D eigenvalue weighted by atomic mass is 35.5. The molecular weight excluding hydrogens is 299 g/mol. The number of ketones is 1. The summed E-state index contributed by atoms with van der Waals surface area (Å²) in [5, 5.41) is 2.46. The lowest BCUT2D eigenvalue weighted by Gasteiger charge is -2.03. The molecular formula is C15H16Cl2OS. The van der Waals surface area contributed by atoms with Crippen LogP contribution in [0, 0.1) is 0 Å². The van der Waals surface area contributed by atoms with Gasteiger partial charge in [0.15, 0.2) is 5.78 Å². The molecule has 102 valence electrons. The van der Waals surface area contributed by atoms with Crippen molar-refractivity contribution in [1.82, 2.24) is 0 Å². The number of Topliss-reactive ketones (excluding diaryl/α,β-unsaturated/α-hetero) is 1. The summed E-state index contributed by atoms with van der Waals surface area (Å²) < 4.78 is 0.620. The molecule has 1 nitrogen and oxygen atoms in total. The molecule has 1 aromatic heterocycles. The van der Waals surface area contributed by atoms with E-state index >= 15 is 0 Å². The SMILES string of the molecule is CC(C)=C(/C=C(/C)C(=O)c1csc(Cl)c1)/C=C(\C)Cl. The van der Waals surface area contributed by atoms with E-state index in [2.05, 4.69) is 0 Å². The molecule has 19 heavy (non-hydrogen) atoms. The molecule has 0 radical (unpaired) electrons. The second-order valence-electron chi connectivity index (χ2n) is 4.48. The van der Waals surface area contributed by atoms with Gasteiger partial charge in [0.25, 0.3) is 0 Å². The van der Waals surface area contributed by atoms with Crippen molar-refractivity contribution < 1.29 is 4.79 Å². The van der Waals surface area contributed by atoms with Crippen LogP contribution < -0.4 is 0 Å². The minimum absolute atomic E-state index is 0.0116. The second kappa shape index (κ2) is 7.09. The first kappa shape index (κ1) is 16.2. The average molecular weight is 315 g/mol. The second-order valence-corrected chi connectivity index (χ2v) is 6.62. The van der Waals surface area contributed by atoms with Gasteiger partial charge in [-0.3, -0.25) is 4.79 Å². The number of allylic oxidation sites excluding steroid dienone is 6. The van der Waals surface area contributed by atoms with Gasteiger partial charge in [0.1, 0.15) is 0 Å². The van der Waals surface area contributed by atoms with Gasteiger partial charge in [0.05, 0.1) is 4.34 Å². The summed E-state index contributed by atoms with van der Waals surface area (Å²) in [6.07, 6.45) is 3.71. The van der Waals surface area contributed by atoms with Crippen LogP contribution in [0.4, 0.5) is 0 Å². The van der Waals surface area contributed by atoms with E-state index < -0.39 is 0 Å². The fourth-order valence-corrected chi connectivity index (χ4v) is 2.48. The Bertz CT molecular complexity index is 569. The van der Waals surface area contributed by atoms with Gasteiger partial charge in [-0.2, -0.15) is 0 Å². The van der Waals surface area contributed by atoms with Gasteiger partial charge >= 0.3 is 0 Å². The molecule has 0 atom stereocenters. The van der Waals surface area contributed by atoms with Crippen LogP contribution in [-0.2, 0) is 0 Å². The molecule has 0 spiro atoms. The van der Waals surface area contributed by atoms with Crippen molar-refractivity contribution in [2.75, 3.05) is 0 Å². The van der Waals surface area contributed by atoms with E-state index in [-0.39, 0.29) is 5.78 Å². The van der Waals surface area contributed by atoms with Crippen molar-refractivity contribution in [3.8, 4) is 0 Å². The first-order valence-corrected chi connectivity index (χ1v) is 7.43. The first-order valence-electron chi connectivity index (χ1n) is 5.79. The van der Waals surface area contributed by atoms with E-state index in [1.165, 1.54) is 11.3 Å². The minimum Gasteiger partial charge on any atom is -0.289 e. The molecule has 0 saturated heterocycles. The third-order valence-corrected chi connectivity index (χ3v) is 3.69. The van der Waals surface area contributed by atoms with Gasteiger partial charge in [0.2, 0.25) is 0 Å². The van der Waals surface area contributed by atoms with Gasteiger partial charge in [-0.1, -0.05) is 28.8 Å². The maximum atomic E-state index is 12.2. The standard InChI is InChI=1S/C15H16Cl2OS/c1-9(2)12(6-11(4)16)5-10(3)15(18)13-7-14(17)19-8-13/h5-8H,1-4H3/b10-5-,11-6+. The highest BCUT2D eigenvalue weighted by Gasteiger charge is 2.10. The van der Waals surface area contributed by atoms with Crippen molar-refractivity contribution in [1.29, 1.82) is 0 Å². The van der Waals surface area contributed by atoms with Crippen molar-refractivity contribution in [3.05, 3.63) is 55.2 Å². The van der Waals surface area contributed by atoms with E-state index in [4.69, 9.17) is 23.2 Å². The topological polar surface area (TPSA) is 17.1 Å². The van der Waals surface area contributed by atoms with Gasteiger partial charge < -0.3 is 0 Å². The molecule has 1 heterocycles. The van der Waals surface area contributed by atoms with Gasteiger partial charge in [-0.05, 0) is 57.1 Å². The molecule has 0 bridgehead atoms. The van der Waals surface area contributed by atoms with Crippen molar-refractivity contribution in [2.45, 2.75) is 27.7 Å². The van der Waals surface area contributed by atoms with Crippen molar-refractivity contribution in [2.24, 2.45) is 0 Å². The first-order chi connectivity index (χ1) is 8.81. The Balaban J connectivity index is 3.07. The number of carbonyl (C=O) groups is 1. The normalized spacial score (nSPS) is 12.5. The predicted octanol–water partition coefficient (Wildman–Crippen LogP) is 6.01. The Morgan fingerprint density at radius 2 is 1.84 bits per heavy atom. The molecule has 0 aromatic carbocycles. The van der Waals surface area contributed by atoms with E-state index in [1.807, 2.05) is 32.9 Å². The molecule has 4 heteroatoms. The van der Waals surface area contributed by atoms with Crippen LogP contribution >= 0.6 is 34.5 Å². The summed E-state index contributed by atoms with van der Waals surface area (Å²) >= 11 is 13.1. The smallest absolute Gasteiger partial charge is 0.189 e. The van der Waals surface area contributed by atoms with Crippen LogP contribution in [0.2, 0.25) is 4.34 Å². The van der Waals surface area contributed by atoms with E-state index in [0.717, 1.165) is 11.1 Å². The Labute approximate surface area is 128 Å². The molecule has 0 aliphatic heterocycles. The zero-order valence-electron chi connectivity index (χ0n) is 11.4. The lowest BCUT2D eigenvalue weighted by molar-refractivity contribution is 0.103. The number of hydrogen-bond donors (Lipinski definition) is 0. The zero-order valence-corrected chi connectivity index (χ0v) is 13.7. The Morgan fingerprint density at radius 3 is 2.26 bits per heavy atom. The third kappa shape index (κ3) is 4.98. The maximum absolute atomic E-state index is 12.2. The fraction of sp³-hybridized carbons (Fsp3) is 0.267. The summed E-state index contributed by atoms with van der Waals surface area (Å²) in [6.45, 7) is 7.59. The van der Waals surface area contributed by atoms with Crippen LogP contribution in [0.1, 0.15) is 38.1 Å². The minimum atomic E-state index is -0.0116. The van der Waals surface area contributed by atoms with Gasteiger partial charge in [-0.25, -0.2) is 0 Å². The molecule has 1 rings (SSSR count). The number of halogens is 2. The Hall–Kier alpha value is -0.830. The van der Waals surface area contributed by atoms with Crippen LogP contribution in [-0.4, -0.2) is 5.78 Å². The highest BCUT2D eigenvalue weighted by molar-refractivity contribution is 7.14. The summed E-state index contributed by atoms with van der Waals surface area (Å²) in [5.41, 5.74) is 3.36. The van der Waals surface area contributed by atoms with Gasteiger partial charge in [-0.15, -0.1) is 11.3 Å². The number of carbonyl (C=O) groups excluding carboxylic acids is 1. The largest absolute Gasteiger partial charge is 0.289 e. The average Bonchev–Trinajstić information content (AvgIpc) is 2.73. The summed E-state index contributed by atoms with van der Waals surface area (Å²) in [4.78, 5) is 12.2. The molecule has 0 unspecified atom stereocenters. The van der Waals surface area contributed by atoms with Crippen molar-refractivity contribution >= 4 is 40.3 Å². The zero-order chi connectivity index (χ0) is 14.6. The predicted molar refractivity (Wildman–Crippen MR) is 85.4 cm³/mol. The van der Waals surface area contributed by atoms with E-state index in [0.29, 0.717) is 20.5 Å². The number of thiophene rings is 1. The monoisotopic (exact) mass is 314 g/mol. The van der Waals surface area contributed by atoms with Gasteiger partial charge in [0, 0.05) is 16.0 Å². The third-order valence-electron chi connectivity index (χ3n) is 2.49. The molecule has 0 N–H and O–H groups in total. The van der Waals surface area contributed by atoms with E-state index in [1.54, 1.807) is 18.4 Å². The number of rotatable bonds is 4. The number of hydrogen-bond acceptors (Lipinski definition) is 2. The molecule has 0 aliphatic carbocycles. The summed E-state index contributed by atoms with van der Waals surface area (Å²) in [6, 6.07) is 1.69. The lowest BCUT2D eigenvalue weighted by atomic mass is 10.0. The summed E-state index contributed by atoms with van der Waals surface area (Å²) in [5.74, 6) is -0.0116. The van der Waals surface area contributed by atoms with Crippen molar-refractivity contribution in [3.63, 3.8) is 0 Å². The van der Waals surface area contributed by atoms with Crippen LogP contribution in [0.15, 0.2) is 45.4 Å². The maximum Gasteiger partial charge on any atom is 0.189 e. The Kier molecular flexibility index (Phi) is 6.05.